The van der Waals surface area contributed by atoms with Crippen LogP contribution in [0.4, 0.5) is 0 Å². The number of rotatable bonds is 10. The Morgan fingerprint density at radius 2 is 1.83 bits per heavy atom. The largest absolute Gasteiger partial charge is 0.377 e. The van der Waals surface area contributed by atoms with Gasteiger partial charge in [-0.15, -0.1) is 0 Å². The maximum absolute atomic E-state index is 11.9. The van der Waals surface area contributed by atoms with Crippen molar-refractivity contribution in [2.45, 2.75) is 46.3 Å². The highest BCUT2D eigenvalue weighted by molar-refractivity contribution is 7.89. The molecule has 0 saturated heterocycles. The molecule has 0 rings (SSSR count). The van der Waals surface area contributed by atoms with E-state index in [1.807, 2.05) is 27.7 Å². The molecular weight excluding hydrogens is 252 g/mol. The molecule has 18 heavy (non-hydrogen) atoms. The third-order valence-electron chi connectivity index (χ3n) is 2.46. The molecule has 0 aliphatic carbocycles. The first kappa shape index (κ1) is 17.8. The minimum absolute atomic E-state index is 0.136. The molecule has 0 aliphatic heterocycles. The molecule has 0 bridgehead atoms. The summed E-state index contributed by atoms with van der Waals surface area (Å²) in [5, 5.41) is 3.21. The van der Waals surface area contributed by atoms with Gasteiger partial charge >= 0.3 is 0 Å². The second kappa shape index (κ2) is 8.85. The first-order chi connectivity index (χ1) is 8.25. The van der Waals surface area contributed by atoms with Crippen molar-refractivity contribution in [3.63, 3.8) is 0 Å². The standard InChI is InChI=1S/C12H28N2O3S/c1-11(2)13-7-6-10-18(15,16)14(5)8-9-17-12(3)4/h11-13H,6-10H2,1-5H3. The summed E-state index contributed by atoms with van der Waals surface area (Å²) < 4.78 is 30.5. The van der Waals surface area contributed by atoms with E-state index in [-0.39, 0.29) is 11.9 Å². The van der Waals surface area contributed by atoms with Gasteiger partial charge in [-0.05, 0) is 26.8 Å². The topological polar surface area (TPSA) is 58.6 Å². The highest BCUT2D eigenvalue weighted by atomic mass is 32.2. The van der Waals surface area contributed by atoms with Crippen molar-refractivity contribution in [2.75, 3.05) is 32.5 Å². The number of nitrogens with zero attached hydrogens (tertiary/aromatic N) is 1. The summed E-state index contributed by atoms with van der Waals surface area (Å²) in [5.41, 5.74) is 0. The average Bonchev–Trinajstić information content (AvgIpc) is 2.23. The van der Waals surface area contributed by atoms with Gasteiger partial charge in [0.1, 0.15) is 0 Å². The van der Waals surface area contributed by atoms with Crippen molar-refractivity contribution in [3.8, 4) is 0 Å². The maximum atomic E-state index is 11.9. The maximum Gasteiger partial charge on any atom is 0.213 e. The van der Waals surface area contributed by atoms with Gasteiger partial charge in [0, 0.05) is 19.6 Å². The van der Waals surface area contributed by atoms with Gasteiger partial charge in [0.2, 0.25) is 10.0 Å². The molecule has 0 unspecified atom stereocenters. The second-order valence-corrected chi connectivity index (χ2v) is 7.21. The van der Waals surface area contributed by atoms with Crippen molar-refractivity contribution in [2.24, 2.45) is 0 Å². The number of sulfonamides is 1. The highest BCUT2D eigenvalue weighted by Crippen LogP contribution is 2.01. The van der Waals surface area contributed by atoms with Crippen molar-refractivity contribution < 1.29 is 13.2 Å². The minimum atomic E-state index is -3.14. The molecule has 0 radical (unpaired) electrons. The van der Waals surface area contributed by atoms with E-state index >= 15 is 0 Å². The molecule has 0 fully saturated rings. The van der Waals surface area contributed by atoms with Gasteiger partial charge in [-0.2, -0.15) is 0 Å². The summed E-state index contributed by atoms with van der Waals surface area (Å²) in [6.07, 6.45) is 0.770. The monoisotopic (exact) mass is 280 g/mol. The number of hydrogen-bond acceptors (Lipinski definition) is 4. The van der Waals surface area contributed by atoms with E-state index in [4.69, 9.17) is 4.74 Å². The summed E-state index contributed by atoms with van der Waals surface area (Å²) in [7, 11) is -1.54. The summed E-state index contributed by atoms with van der Waals surface area (Å²) >= 11 is 0. The van der Waals surface area contributed by atoms with Gasteiger partial charge in [0.25, 0.3) is 0 Å². The fourth-order valence-electron chi connectivity index (χ4n) is 1.36. The van der Waals surface area contributed by atoms with Crippen molar-refractivity contribution in [1.29, 1.82) is 0 Å². The molecule has 6 heteroatoms. The average molecular weight is 280 g/mol. The first-order valence-corrected chi connectivity index (χ1v) is 8.15. The van der Waals surface area contributed by atoms with E-state index in [9.17, 15) is 8.42 Å². The van der Waals surface area contributed by atoms with Crippen LogP contribution in [0.2, 0.25) is 0 Å². The Bertz CT molecular complexity index is 302. The summed E-state index contributed by atoms with van der Waals surface area (Å²) in [4.78, 5) is 0. The summed E-state index contributed by atoms with van der Waals surface area (Å²) in [6, 6.07) is 0.393. The van der Waals surface area contributed by atoms with E-state index in [0.717, 1.165) is 6.54 Å². The number of ether oxygens (including phenoxy) is 1. The summed E-state index contributed by atoms with van der Waals surface area (Å²) in [5.74, 6) is 0.185. The lowest BCUT2D eigenvalue weighted by Gasteiger charge is -2.18. The molecule has 0 aromatic rings. The highest BCUT2D eigenvalue weighted by Gasteiger charge is 2.16. The Labute approximate surface area is 112 Å². The Hall–Kier alpha value is -0.170. The van der Waals surface area contributed by atoms with Gasteiger partial charge in [0.05, 0.1) is 18.5 Å². The zero-order chi connectivity index (χ0) is 14.2. The predicted molar refractivity (Wildman–Crippen MR) is 75.3 cm³/mol. The van der Waals surface area contributed by atoms with Gasteiger partial charge in [-0.25, -0.2) is 12.7 Å². The number of likely N-dealkylation sites (N-methyl/N-ethyl adjacent to an activating group) is 1. The molecule has 1 N–H and O–H groups in total. The molecule has 0 aromatic heterocycles. The normalized spacial score (nSPS) is 12.9. The predicted octanol–water partition coefficient (Wildman–Crippen LogP) is 1.06. The van der Waals surface area contributed by atoms with Gasteiger partial charge < -0.3 is 10.1 Å². The molecule has 0 heterocycles. The van der Waals surface area contributed by atoms with Crippen molar-refractivity contribution in [1.82, 2.24) is 9.62 Å². The Kier molecular flexibility index (Phi) is 8.77. The van der Waals surface area contributed by atoms with Crippen LogP contribution in [-0.2, 0) is 14.8 Å². The van der Waals surface area contributed by atoms with Crippen LogP contribution in [-0.4, -0.2) is 57.4 Å². The van der Waals surface area contributed by atoms with Crippen LogP contribution in [0, 0.1) is 0 Å². The second-order valence-electron chi connectivity index (χ2n) is 5.02. The minimum Gasteiger partial charge on any atom is -0.377 e. The Morgan fingerprint density at radius 1 is 1.22 bits per heavy atom. The quantitative estimate of drug-likeness (QED) is 0.608. The van der Waals surface area contributed by atoms with Crippen LogP contribution in [0.5, 0.6) is 0 Å². The van der Waals surface area contributed by atoms with Crippen LogP contribution in [0.1, 0.15) is 34.1 Å². The van der Waals surface area contributed by atoms with E-state index < -0.39 is 10.0 Å². The van der Waals surface area contributed by atoms with Crippen LogP contribution >= 0.6 is 0 Å². The molecular formula is C12H28N2O3S. The molecule has 0 aromatic carbocycles. The van der Waals surface area contributed by atoms with Crippen LogP contribution < -0.4 is 5.32 Å². The van der Waals surface area contributed by atoms with Gasteiger partial charge in [-0.1, -0.05) is 13.8 Å². The Balaban J connectivity index is 3.89. The lowest BCUT2D eigenvalue weighted by atomic mass is 10.4. The molecule has 0 saturated carbocycles. The lowest BCUT2D eigenvalue weighted by molar-refractivity contribution is 0.0737. The third kappa shape index (κ3) is 8.85. The van der Waals surface area contributed by atoms with Crippen LogP contribution in [0.15, 0.2) is 0 Å². The smallest absolute Gasteiger partial charge is 0.213 e. The van der Waals surface area contributed by atoms with E-state index in [1.54, 1.807) is 7.05 Å². The molecule has 0 atom stereocenters. The Morgan fingerprint density at radius 3 is 2.33 bits per heavy atom. The fourth-order valence-corrected chi connectivity index (χ4v) is 2.53. The molecule has 5 nitrogen and oxygen atoms in total. The van der Waals surface area contributed by atoms with Crippen molar-refractivity contribution >= 4 is 10.0 Å². The van der Waals surface area contributed by atoms with Crippen molar-refractivity contribution in [3.05, 3.63) is 0 Å². The van der Waals surface area contributed by atoms with Crippen LogP contribution in [0.3, 0.4) is 0 Å². The summed E-state index contributed by atoms with van der Waals surface area (Å²) in [6.45, 7) is 9.55. The SMILES string of the molecule is CC(C)NCCCS(=O)(=O)N(C)CCOC(C)C. The molecule has 0 aliphatic rings. The lowest BCUT2D eigenvalue weighted by Crippen LogP contribution is -2.34. The van der Waals surface area contributed by atoms with E-state index in [2.05, 4.69) is 5.32 Å². The van der Waals surface area contributed by atoms with Gasteiger partial charge in [0.15, 0.2) is 0 Å². The number of hydrogen-bond donors (Lipinski definition) is 1. The zero-order valence-corrected chi connectivity index (χ0v) is 13.1. The fraction of sp³-hybridized carbons (Fsp3) is 1.00. The third-order valence-corrected chi connectivity index (χ3v) is 4.40. The molecule has 0 spiro atoms. The first-order valence-electron chi connectivity index (χ1n) is 6.54. The van der Waals surface area contributed by atoms with E-state index in [1.165, 1.54) is 4.31 Å². The van der Waals surface area contributed by atoms with Gasteiger partial charge in [-0.3, -0.25) is 0 Å². The molecule has 110 valence electrons. The molecule has 0 amide bonds. The van der Waals surface area contributed by atoms with Crippen LogP contribution in [0.25, 0.3) is 0 Å². The number of nitrogens with one attached hydrogen (secondary N) is 1. The zero-order valence-electron chi connectivity index (χ0n) is 12.3. The van der Waals surface area contributed by atoms with E-state index in [0.29, 0.717) is 25.6 Å².